The first-order valence-corrected chi connectivity index (χ1v) is 2.86. The molecule has 0 spiro atoms. The summed E-state index contributed by atoms with van der Waals surface area (Å²) in [5.41, 5.74) is 0. The molecule has 0 amide bonds. The Morgan fingerprint density at radius 3 is 2.20 bits per heavy atom. The quantitative estimate of drug-likeness (QED) is 0.376. The third-order valence-corrected chi connectivity index (χ3v) is 0.916. The fourth-order valence-electron chi connectivity index (χ4n) is 0.225. The standard InChI is InChI=1S/C5H6O4.Ag/c1-9-5(8)3-2-4(6)7;/h2-3H,1H3,(H,6,7);/q;+1/p-1/b3-2+;. The first kappa shape index (κ1) is 9.42. The van der Waals surface area contributed by atoms with Crippen LogP contribution in [-0.2, 0) is 39.0 Å². The normalized spacial score (nSPS) is 9.50. The van der Waals surface area contributed by atoms with Crippen LogP contribution in [0, 0.1) is 0 Å². The number of methoxy groups -OCH3 is 1. The average Bonchev–Trinajstić information content (AvgIpc) is 1.99. The van der Waals surface area contributed by atoms with Crippen molar-refractivity contribution in [1.82, 2.24) is 0 Å². The number of carbonyl (C=O) groups is 2. The fraction of sp³-hybridized carbons (Fsp3) is 0.200. The minimum absolute atomic E-state index is 0.599. The molecule has 0 bridgehead atoms. The molecule has 0 aliphatic rings. The van der Waals surface area contributed by atoms with Gasteiger partial charge < -0.3 is 0 Å². The van der Waals surface area contributed by atoms with Gasteiger partial charge in [0, 0.05) is 0 Å². The Balaban J connectivity index is 3.75. The molecule has 4 nitrogen and oxygen atoms in total. The molecule has 0 aromatic heterocycles. The molecule has 0 saturated carbocycles. The van der Waals surface area contributed by atoms with Crippen LogP contribution in [0.4, 0.5) is 0 Å². The third kappa shape index (κ3) is 4.31. The van der Waals surface area contributed by atoms with Crippen molar-refractivity contribution >= 4 is 11.9 Å². The predicted octanol–water partition coefficient (Wildman–Crippen LogP) is -0.279. The van der Waals surface area contributed by atoms with E-state index in [-0.39, 0.29) is 0 Å². The van der Waals surface area contributed by atoms with Crippen LogP contribution in [0.5, 0.6) is 0 Å². The number of carbonyl (C=O) groups excluding carboxylic acids is 2. The number of hydrogen-bond acceptors (Lipinski definition) is 4. The summed E-state index contributed by atoms with van der Waals surface area (Å²) in [7, 11) is 1.21. The average molecular weight is 237 g/mol. The van der Waals surface area contributed by atoms with E-state index in [9.17, 15) is 9.59 Å². The van der Waals surface area contributed by atoms with E-state index in [1.54, 1.807) is 0 Å². The van der Waals surface area contributed by atoms with Gasteiger partial charge in [-0.15, -0.1) is 0 Å². The Bertz CT molecular complexity index is 145. The van der Waals surface area contributed by atoms with Gasteiger partial charge >= 0.3 is 70.2 Å². The van der Waals surface area contributed by atoms with Gasteiger partial charge in [-0.1, -0.05) is 0 Å². The van der Waals surface area contributed by atoms with Crippen molar-refractivity contribution in [3.63, 3.8) is 0 Å². The second-order valence-corrected chi connectivity index (χ2v) is 1.54. The van der Waals surface area contributed by atoms with Crippen molar-refractivity contribution in [3.05, 3.63) is 12.2 Å². The summed E-state index contributed by atoms with van der Waals surface area (Å²) < 4.78 is 8.22. The van der Waals surface area contributed by atoms with Crippen LogP contribution in [0.3, 0.4) is 0 Å². The van der Waals surface area contributed by atoms with Gasteiger partial charge in [0.2, 0.25) is 0 Å². The topological polar surface area (TPSA) is 52.6 Å². The van der Waals surface area contributed by atoms with Crippen LogP contribution in [0.1, 0.15) is 0 Å². The molecule has 0 aromatic carbocycles. The van der Waals surface area contributed by atoms with E-state index in [1.807, 2.05) is 0 Å². The summed E-state index contributed by atoms with van der Waals surface area (Å²) in [6, 6.07) is 0. The zero-order valence-corrected chi connectivity index (χ0v) is 6.57. The molecule has 0 aliphatic heterocycles. The van der Waals surface area contributed by atoms with Crippen molar-refractivity contribution in [2.24, 2.45) is 0 Å². The van der Waals surface area contributed by atoms with Gasteiger partial charge in [0.05, 0.1) is 0 Å². The SMILES string of the molecule is COC(=O)/C=C/C(=O)[O][Ag]. The summed E-state index contributed by atoms with van der Waals surface area (Å²) >= 11 is 2.45. The van der Waals surface area contributed by atoms with E-state index < -0.39 is 11.9 Å². The summed E-state index contributed by atoms with van der Waals surface area (Å²) in [4.78, 5) is 20.6. The second-order valence-electron chi connectivity index (χ2n) is 1.24. The minimum atomic E-state index is -0.663. The van der Waals surface area contributed by atoms with Crippen molar-refractivity contribution < 1.29 is 39.0 Å². The molecule has 0 fully saturated rings. The Hall–Kier alpha value is -0.580. The van der Waals surface area contributed by atoms with Crippen LogP contribution in [0.2, 0.25) is 0 Å². The molecular formula is C5H5AgO4. The fourth-order valence-corrected chi connectivity index (χ4v) is 0.325. The number of esters is 1. The third-order valence-electron chi connectivity index (χ3n) is 0.617. The van der Waals surface area contributed by atoms with Gasteiger partial charge in [-0.2, -0.15) is 0 Å². The van der Waals surface area contributed by atoms with E-state index in [0.717, 1.165) is 12.2 Å². The van der Waals surface area contributed by atoms with Gasteiger partial charge in [0.1, 0.15) is 0 Å². The van der Waals surface area contributed by atoms with Gasteiger partial charge in [-0.05, 0) is 0 Å². The molecule has 0 aliphatic carbocycles. The van der Waals surface area contributed by atoms with Crippen LogP contribution < -0.4 is 0 Å². The predicted molar refractivity (Wildman–Crippen MR) is 27.2 cm³/mol. The maximum absolute atomic E-state index is 10.3. The Morgan fingerprint density at radius 1 is 1.30 bits per heavy atom. The van der Waals surface area contributed by atoms with Gasteiger partial charge in [-0.3, -0.25) is 0 Å². The zero-order valence-electron chi connectivity index (χ0n) is 5.09. The first-order valence-electron chi connectivity index (χ1n) is 2.26. The van der Waals surface area contributed by atoms with Gasteiger partial charge in [-0.25, -0.2) is 0 Å². The summed E-state index contributed by atoms with van der Waals surface area (Å²) in [5.74, 6) is -1.26. The Labute approximate surface area is 70.6 Å². The van der Waals surface area contributed by atoms with Crippen molar-refractivity contribution in [3.8, 4) is 0 Å². The van der Waals surface area contributed by atoms with Gasteiger partial charge in [0.15, 0.2) is 0 Å². The van der Waals surface area contributed by atoms with E-state index in [4.69, 9.17) is 0 Å². The number of hydrogen-bond donors (Lipinski definition) is 0. The molecule has 60 valence electrons. The number of rotatable bonds is 2. The molecule has 0 saturated heterocycles. The van der Waals surface area contributed by atoms with E-state index in [2.05, 4.69) is 29.4 Å². The zero-order chi connectivity index (χ0) is 7.98. The summed E-state index contributed by atoms with van der Waals surface area (Å²) in [5, 5.41) is 0. The van der Waals surface area contributed by atoms with Crippen molar-refractivity contribution in [2.45, 2.75) is 0 Å². The molecule has 0 radical (unpaired) electrons. The molecule has 10 heavy (non-hydrogen) atoms. The summed E-state index contributed by atoms with van der Waals surface area (Å²) in [6.07, 6.45) is 1.91. The first-order chi connectivity index (χ1) is 4.70. The molecule has 0 rings (SSSR count). The molecular weight excluding hydrogens is 232 g/mol. The molecule has 0 heterocycles. The number of ether oxygens (including phenoxy) is 1. The van der Waals surface area contributed by atoms with Crippen LogP contribution >= 0.6 is 0 Å². The second kappa shape index (κ2) is 5.22. The van der Waals surface area contributed by atoms with Crippen molar-refractivity contribution in [1.29, 1.82) is 0 Å². The van der Waals surface area contributed by atoms with E-state index in [1.165, 1.54) is 7.11 Å². The molecule has 0 atom stereocenters. The molecule has 0 aromatic rings. The van der Waals surface area contributed by atoms with Crippen LogP contribution in [-0.4, -0.2) is 19.0 Å². The monoisotopic (exact) mass is 236 g/mol. The maximum atomic E-state index is 10.3. The molecule has 5 heteroatoms. The summed E-state index contributed by atoms with van der Waals surface area (Å²) in [6.45, 7) is 0. The Morgan fingerprint density at radius 2 is 1.80 bits per heavy atom. The van der Waals surface area contributed by atoms with E-state index in [0.29, 0.717) is 0 Å². The van der Waals surface area contributed by atoms with Crippen LogP contribution in [0.15, 0.2) is 12.2 Å². The van der Waals surface area contributed by atoms with Crippen molar-refractivity contribution in [2.75, 3.05) is 7.11 Å². The Kier molecular flexibility index (Phi) is 4.92. The molecule has 0 unspecified atom stereocenters. The van der Waals surface area contributed by atoms with Gasteiger partial charge in [0.25, 0.3) is 0 Å². The molecule has 0 N–H and O–H groups in total. The van der Waals surface area contributed by atoms with Crippen LogP contribution in [0.25, 0.3) is 0 Å². The van der Waals surface area contributed by atoms with E-state index >= 15 is 0 Å².